The first-order valence-corrected chi connectivity index (χ1v) is 1.77. The van der Waals surface area contributed by atoms with Crippen molar-refractivity contribution in [2.24, 2.45) is 0 Å². The Hall–Kier alpha value is -0.850. The summed E-state index contributed by atoms with van der Waals surface area (Å²) in [5, 5.41) is 0. The Kier molecular flexibility index (Phi) is 9260. The molecule has 0 aliphatic carbocycles. The lowest BCUT2D eigenvalue weighted by Gasteiger charge is -1.31. The van der Waals surface area contributed by atoms with E-state index < -0.39 is 0 Å². The summed E-state index contributed by atoms with van der Waals surface area (Å²) >= 11 is 0. The zero-order valence-corrected chi connectivity index (χ0v) is 4.81. The molecular weight excluding hydrogens is 88.1 g/mol. The summed E-state index contributed by atoms with van der Waals surface area (Å²) in [6.07, 6.45) is 1.75. The van der Waals surface area contributed by atoms with Gasteiger partial charge >= 0.3 is 0 Å². The first kappa shape index (κ1) is 16.4. The highest BCUT2D eigenvalue weighted by Crippen LogP contribution is 1.38. The van der Waals surface area contributed by atoms with Crippen molar-refractivity contribution in [2.45, 2.75) is 6.92 Å². The van der Waals surface area contributed by atoms with Crippen molar-refractivity contribution < 1.29 is 4.79 Å². The molecule has 0 aromatic rings. The lowest BCUT2D eigenvalue weighted by molar-refractivity contribution is -0.0979. The van der Waals surface area contributed by atoms with E-state index in [0.29, 0.717) is 0 Å². The van der Waals surface area contributed by atoms with E-state index >= 15 is 0 Å². The van der Waals surface area contributed by atoms with Gasteiger partial charge in [-0.25, -0.2) is 0 Å². The minimum absolute atomic E-state index is 1.75. The van der Waals surface area contributed by atoms with Crippen LogP contribution in [0, 0.1) is 0 Å². The minimum Gasteiger partial charge on any atom is -0.307 e. The molecule has 0 aromatic heterocycles. The molecule has 0 amide bonds. The highest BCUT2D eigenvalue weighted by Gasteiger charge is 1.15. The maximum Gasteiger partial charge on any atom is 0.106 e. The van der Waals surface area contributed by atoms with Crippen LogP contribution in [0.2, 0.25) is 0 Å². The van der Waals surface area contributed by atoms with Crippen LogP contribution < -0.4 is 0 Å². The van der Waals surface area contributed by atoms with Gasteiger partial charge in [0.05, 0.1) is 0 Å². The van der Waals surface area contributed by atoms with E-state index in [1.165, 1.54) is 0 Å². The van der Waals surface area contributed by atoms with Crippen molar-refractivity contribution in [3.05, 3.63) is 25.8 Å². The molecule has 0 heterocycles. The highest BCUT2D eigenvalue weighted by molar-refractivity contribution is 5.10. The molecule has 0 aliphatic rings. The van der Waals surface area contributed by atoms with E-state index in [4.69, 9.17) is 4.79 Å². The fourth-order valence-electron chi connectivity index (χ4n) is 0. The second kappa shape index (κ2) is 3940. The molecule has 0 fully saturated rings. The molecule has 42 valence electrons. The lowest BCUT2D eigenvalue weighted by atomic mass is 10.8. The molecule has 0 atom stereocenters. The summed E-state index contributed by atoms with van der Waals surface area (Å²) in [5.41, 5.74) is 0. The van der Waals surface area contributed by atoms with Crippen LogP contribution in [0.1, 0.15) is 6.92 Å². The van der Waals surface area contributed by atoms with Gasteiger partial charge in [-0.2, -0.15) is 0 Å². The van der Waals surface area contributed by atoms with Crippen LogP contribution in [-0.4, -0.2) is 6.79 Å². The zero-order valence-electron chi connectivity index (χ0n) is 4.81. The van der Waals surface area contributed by atoms with E-state index in [0.717, 1.165) is 0 Å². The maximum atomic E-state index is 8.00. The molecule has 0 bridgehead atoms. The molecule has 0 aliphatic heterocycles. The van der Waals surface area contributed by atoms with Gasteiger partial charge in [0, 0.05) is 0 Å². The third kappa shape index (κ3) is 70.7. The van der Waals surface area contributed by atoms with E-state index in [2.05, 4.69) is 19.7 Å². The van der Waals surface area contributed by atoms with Crippen LogP contribution in [0.15, 0.2) is 25.8 Å². The van der Waals surface area contributed by atoms with Crippen molar-refractivity contribution in [3.63, 3.8) is 0 Å². The van der Waals surface area contributed by atoms with E-state index in [9.17, 15) is 0 Å². The zero-order chi connectivity index (χ0) is 6.71. The fraction of sp³-hybridized carbons (Fsp3) is 0.167. The molecule has 0 N–H and O–H groups in total. The predicted octanol–water partition coefficient (Wildman–Crippen LogP) is 1.81. The number of hydrogen-bond donors (Lipinski definition) is 0. The Bertz CT molecular complexity index is 23.4. The molecule has 0 spiro atoms. The predicted molar refractivity (Wildman–Crippen MR) is 34.2 cm³/mol. The molecule has 7 heavy (non-hydrogen) atoms. The summed E-state index contributed by atoms with van der Waals surface area (Å²) in [6, 6.07) is 0. The molecule has 0 saturated heterocycles. The van der Waals surface area contributed by atoms with Crippen LogP contribution in [-0.2, 0) is 4.79 Å². The van der Waals surface area contributed by atoms with Crippen LogP contribution in [0.25, 0.3) is 0 Å². The van der Waals surface area contributed by atoms with E-state index in [1.54, 1.807) is 6.08 Å². The Morgan fingerprint density at radius 3 is 1.29 bits per heavy atom. The molecule has 0 radical (unpaired) electrons. The van der Waals surface area contributed by atoms with Gasteiger partial charge in [-0.1, -0.05) is 6.08 Å². The molecule has 1 heteroatoms. The van der Waals surface area contributed by atoms with Crippen molar-refractivity contribution in [1.29, 1.82) is 0 Å². The third-order valence-electron chi connectivity index (χ3n) is 0. The number of hydrogen-bond acceptors (Lipinski definition) is 1. The van der Waals surface area contributed by atoms with Crippen molar-refractivity contribution >= 4 is 6.79 Å². The summed E-state index contributed by atoms with van der Waals surface area (Å²) in [4.78, 5) is 8.00. The molecule has 0 unspecified atom stereocenters. The summed E-state index contributed by atoms with van der Waals surface area (Å²) in [7, 11) is 0. The van der Waals surface area contributed by atoms with Crippen LogP contribution in [0.3, 0.4) is 0 Å². The number of allylic oxidation sites excluding steroid dienone is 1. The van der Waals surface area contributed by atoms with Gasteiger partial charge in [0.25, 0.3) is 0 Å². The Labute approximate surface area is 45.4 Å². The minimum atomic E-state index is 1.75. The number of carbonyl (C=O) groups excluding carboxylic acids is 1. The molecule has 0 saturated carbocycles. The van der Waals surface area contributed by atoms with E-state index in [1.807, 2.05) is 13.7 Å². The monoisotopic (exact) mass is 100 g/mol. The quantitative estimate of drug-likeness (QED) is 0.424. The topological polar surface area (TPSA) is 17.1 Å². The van der Waals surface area contributed by atoms with Crippen LogP contribution >= 0.6 is 0 Å². The van der Waals surface area contributed by atoms with Gasteiger partial charge in [-0.05, 0) is 6.92 Å². The SMILES string of the molecule is C=C.C=CC.C=O. The number of carbonyl (C=O) groups is 1. The van der Waals surface area contributed by atoms with Gasteiger partial charge in [0.1, 0.15) is 6.79 Å². The van der Waals surface area contributed by atoms with Crippen LogP contribution in [0.4, 0.5) is 0 Å². The summed E-state index contributed by atoms with van der Waals surface area (Å²) in [6.45, 7) is 13.2. The third-order valence-corrected chi connectivity index (χ3v) is 0. The van der Waals surface area contributed by atoms with Gasteiger partial charge in [0.15, 0.2) is 0 Å². The lowest BCUT2D eigenvalue weighted by Crippen LogP contribution is -1.07. The van der Waals surface area contributed by atoms with Crippen LogP contribution in [0.5, 0.6) is 0 Å². The number of rotatable bonds is 0. The summed E-state index contributed by atoms with van der Waals surface area (Å²) in [5.74, 6) is 0. The fourth-order valence-corrected chi connectivity index (χ4v) is 0. The summed E-state index contributed by atoms with van der Waals surface area (Å²) < 4.78 is 0. The van der Waals surface area contributed by atoms with E-state index in [-0.39, 0.29) is 0 Å². The first-order chi connectivity index (χ1) is 3.41. The van der Waals surface area contributed by atoms with Crippen molar-refractivity contribution in [1.82, 2.24) is 0 Å². The molecule has 0 aromatic carbocycles. The van der Waals surface area contributed by atoms with Gasteiger partial charge in [-0.15, -0.1) is 19.7 Å². The Balaban J connectivity index is -0.0000000360. The highest BCUT2D eigenvalue weighted by atomic mass is 16.1. The average molecular weight is 100 g/mol. The maximum absolute atomic E-state index is 8.00. The van der Waals surface area contributed by atoms with Crippen molar-refractivity contribution in [3.8, 4) is 0 Å². The molecular formula is C6H12O. The van der Waals surface area contributed by atoms with Gasteiger partial charge in [-0.3, -0.25) is 0 Å². The molecule has 0 rings (SSSR count). The second-order valence-corrected chi connectivity index (χ2v) is 0.408. The first-order valence-electron chi connectivity index (χ1n) is 1.77. The normalized spacial score (nSPS) is 3.00. The van der Waals surface area contributed by atoms with Crippen molar-refractivity contribution in [2.75, 3.05) is 0 Å². The second-order valence-electron chi connectivity index (χ2n) is 0.408. The Morgan fingerprint density at radius 1 is 1.29 bits per heavy atom. The standard InChI is InChI=1S/C3H6.C2H4.CH2O/c1-3-2;2*1-2/h3H,1H2,2H3;1-2H2;1H2. The molecule has 1 nitrogen and oxygen atoms in total. The Morgan fingerprint density at radius 2 is 1.29 bits per heavy atom. The van der Waals surface area contributed by atoms with Gasteiger partial charge < -0.3 is 4.79 Å². The van der Waals surface area contributed by atoms with Gasteiger partial charge in [0.2, 0.25) is 0 Å². The smallest absolute Gasteiger partial charge is 0.106 e. The average Bonchev–Trinajstić information content (AvgIpc) is 1.78. The largest absolute Gasteiger partial charge is 0.307 e.